The summed E-state index contributed by atoms with van der Waals surface area (Å²) < 4.78 is 13.1. The zero-order valence-electron chi connectivity index (χ0n) is 9.66. The van der Waals surface area contributed by atoms with Crippen LogP contribution in [0.5, 0.6) is 0 Å². The molecule has 0 N–H and O–H groups in total. The smallest absolute Gasteiger partial charge is 0.123 e. The largest absolute Gasteiger partial charge is 0.207 e. The Kier molecular flexibility index (Phi) is 3.95. The summed E-state index contributed by atoms with van der Waals surface area (Å²) in [6.07, 6.45) is 0.865. The average molecular weight is 293 g/mol. The van der Waals surface area contributed by atoms with Gasteiger partial charge in [-0.3, -0.25) is 0 Å². The van der Waals surface area contributed by atoms with Crippen molar-refractivity contribution in [1.82, 2.24) is 0 Å². The van der Waals surface area contributed by atoms with Crippen molar-refractivity contribution >= 4 is 15.9 Å². The summed E-state index contributed by atoms with van der Waals surface area (Å²) in [6.45, 7) is 2.07. The molecule has 0 aliphatic rings. The van der Waals surface area contributed by atoms with E-state index in [9.17, 15) is 4.39 Å². The van der Waals surface area contributed by atoms with Crippen LogP contribution in [-0.2, 0) is 6.42 Å². The molecule has 2 aromatic rings. The lowest BCUT2D eigenvalue weighted by molar-refractivity contribution is 0.625. The lowest BCUT2D eigenvalue weighted by atomic mass is 10.0. The van der Waals surface area contributed by atoms with Crippen molar-refractivity contribution in [3.05, 3.63) is 71.0 Å². The highest BCUT2D eigenvalue weighted by Gasteiger charge is 2.08. The number of halogens is 2. The van der Waals surface area contributed by atoms with Crippen LogP contribution in [0.2, 0.25) is 0 Å². The van der Waals surface area contributed by atoms with Crippen LogP contribution < -0.4 is 0 Å². The van der Waals surface area contributed by atoms with E-state index in [-0.39, 0.29) is 10.6 Å². The van der Waals surface area contributed by atoms with Gasteiger partial charge >= 0.3 is 0 Å². The van der Waals surface area contributed by atoms with Crippen molar-refractivity contribution in [3.63, 3.8) is 0 Å². The lowest BCUT2D eigenvalue weighted by Crippen LogP contribution is -1.96. The molecule has 0 fully saturated rings. The Labute approximate surface area is 110 Å². The molecule has 1 unspecified atom stereocenters. The minimum Gasteiger partial charge on any atom is -0.207 e. The molecule has 0 saturated heterocycles. The molecule has 1 atom stereocenters. The Hall–Kier alpha value is -1.15. The summed E-state index contributed by atoms with van der Waals surface area (Å²) in [7, 11) is 0. The van der Waals surface area contributed by atoms with Gasteiger partial charge in [-0.05, 0) is 36.6 Å². The summed E-state index contributed by atoms with van der Waals surface area (Å²) in [4.78, 5) is 0.154. The van der Waals surface area contributed by atoms with Gasteiger partial charge in [0.1, 0.15) is 5.82 Å². The molecule has 0 aliphatic carbocycles. The van der Waals surface area contributed by atoms with Crippen LogP contribution >= 0.6 is 15.9 Å². The van der Waals surface area contributed by atoms with E-state index >= 15 is 0 Å². The molecule has 17 heavy (non-hydrogen) atoms. The molecule has 0 bridgehead atoms. The van der Waals surface area contributed by atoms with Gasteiger partial charge in [0.25, 0.3) is 0 Å². The third kappa shape index (κ3) is 3.40. The second-order valence-corrected chi connectivity index (χ2v) is 5.32. The molecule has 2 heteroatoms. The molecular formula is C15H14BrF. The third-order valence-corrected chi connectivity index (χ3v) is 3.60. The predicted molar refractivity (Wildman–Crippen MR) is 73.0 cm³/mol. The molecule has 2 rings (SSSR count). The van der Waals surface area contributed by atoms with Gasteiger partial charge in [-0.15, -0.1) is 0 Å². The van der Waals surface area contributed by atoms with Crippen molar-refractivity contribution in [2.45, 2.75) is 18.2 Å². The monoisotopic (exact) mass is 292 g/mol. The Morgan fingerprint density at radius 1 is 1.12 bits per heavy atom. The fourth-order valence-corrected chi connectivity index (χ4v) is 2.41. The summed E-state index contributed by atoms with van der Waals surface area (Å²) in [5.74, 6) is -0.184. The second kappa shape index (κ2) is 5.46. The standard InChI is InChI=1S/C15H14BrF/c1-11-5-7-12(8-6-11)9-15(16)13-3-2-4-14(17)10-13/h2-8,10,15H,9H2,1H3. The average Bonchev–Trinajstić information content (AvgIpc) is 2.32. The number of benzene rings is 2. The SMILES string of the molecule is Cc1ccc(CC(Br)c2cccc(F)c2)cc1. The van der Waals surface area contributed by atoms with Crippen molar-refractivity contribution in [2.24, 2.45) is 0 Å². The Balaban J connectivity index is 2.11. The highest BCUT2D eigenvalue weighted by atomic mass is 79.9. The highest BCUT2D eigenvalue weighted by molar-refractivity contribution is 9.09. The number of rotatable bonds is 3. The Morgan fingerprint density at radius 2 is 1.82 bits per heavy atom. The van der Waals surface area contributed by atoms with Crippen LogP contribution in [0, 0.1) is 12.7 Å². The molecule has 0 nitrogen and oxygen atoms in total. The van der Waals surface area contributed by atoms with Crippen LogP contribution in [0.25, 0.3) is 0 Å². The molecule has 0 radical (unpaired) electrons. The van der Waals surface area contributed by atoms with Gasteiger partial charge < -0.3 is 0 Å². The normalized spacial score (nSPS) is 12.4. The Morgan fingerprint density at radius 3 is 2.47 bits per heavy atom. The van der Waals surface area contributed by atoms with Crippen molar-refractivity contribution in [1.29, 1.82) is 0 Å². The minimum atomic E-state index is -0.184. The van der Waals surface area contributed by atoms with Gasteiger partial charge in [-0.1, -0.05) is 57.9 Å². The molecule has 2 aromatic carbocycles. The summed E-state index contributed by atoms with van der Waals surface area (Å²) >= 11 is 3.61. The topological polar surface area (TPSA) is 0 Å². The van der Waals surface area contributed by atoms with Gasteiger partial charge in [0.15, 0.2) is 0 Å². The second-order valence-electron chi connectivity index (χ2n) is 4.21. The van der Waals surface area contributed by atoms with Crippen molar-refractivity contribution in [3.8, 4) is 0 Å². The molecule has 0 amide bonds. The maximum atomic E-state index is 13.1. The molecule has 0 saturated carbocycles. The number of hydrogen-bond donors (Lipinski definition) is 0. The summed E-state index contributed by atoms with van der Waals surface area (Å²) in [5, 5.41) is 0. The molecule has 0 spiro atoms. The fourth-order valence-electron chi connectivity index (χ4n) is 1.75. The maximum absolute atomic E-state index is 13.1. The van der Waals surface area contributed by atoms with Crippen molar-refractivity contribution < 1.29 is 4.39 Å². The highest BCUT2D eigenvalue weighted by Crippen LogP contribution is 2.27. The molecule has 0 heterocycles. The number of hydrogen-bond acceptors (Lipinski definition) is 0. The van der Waals surface area contributed by atoms with E-state index in [0.29, 0.717) is 0 Å². The molecule has 0 aliphatic heterocycles. The maximum Gasteiger partial charge on any atom is 0.123 e. The zero-order valence-corrected chi connectivity index (χ0v) is 11.2. The van der Waals surface area contributed by atoms with Crippen LogP contribution in [0.15, 0.2) is 48.5 Å². The van der Waals surface area contributed by atoms with Crippen LogP contribution in [0.3, 0.4) is 0 Å². The van der Waals surface area contributed by atoms with Gasteiger partial charge in [0.2, 0.25) is 0 Å². The van der Waals surface area contributed by atoms with E-state index in [1.165, 1.54) is 17.2 Å². The van der Waals surface area contributed by atoms with Crippen LogP contribution in [-0.4, -0.2) is 0 Å². The quantitative estimate of drug-likeness (QED) is 0.712. The van der Waals surface area contributed by atoms with Gasteiger partial charge in [-0.2, -0.15) is 0 Å². The van der Waals surface area contributed by atoms with E-state index < -0.39 is 0 Å². The summed E-state index contributed by atoms with van der Waals surface area (Å²) in [5.41, 5.74) is 3.48. The number of aryl methyl sites for hydroxylation is 1. The first-order valence-corrected chi connectivity index (χ1v) is 6.52. The lowest BCUT2D eigenvalue weighted by Gasteiger charge is -2.10. The van der Waals surface area contributed by atoms with E-state index in [0.717, 1.165) is 12.0 Å². The van der Waals surface area contributed by atoms with E-state index in [1.54, 1.807) is 12.1 Å². The fraction of sp³-hybridized carbons (Fsp3) is 0.200. The molecule has 88 valence electrons. The van der Waals surface area contributed by atoms with E-state index in [2.05, 4.69) is 47.1 Å². The van der Waals surface area contributed by atoms with E-state index in [1.807, 2.05) is 6.07 Å². The minimum absolute atomic E-state index is 0.154. The summed E-state index contributed by atoms with van der Waals surface area (Å²) in [6, 6.07) is 15.2. The zero-order chi connectivity index (χ0) is 12.3. The Bertz CT molecular complexity index is 491. The van der Waals surface area contributed by atoms with E-state index in [4.69, 9.17) is 0 Å². The van der Waals surface area contributed by atoms with Crippen molar-refractivity contribution in [2.75, 3.05) is 0 Å². The first-order chi connectivity index (χ1) is 8.15. The van der Waals surface area contributed by atoms with Crippen LogP contribution in [0.1, 0.15) is 21.5 Å². The third-order valence-electron chi connectivity index (χ3n) is 2.75. The predicted octanol–water partition coefficient (Wildman–Crippen LogP) is 4.81. The van der Waals surface area contributed by atoms with Gasteiger partial charge in [0.05, 0.1) is 0 Å². The van der Waals surface area contributed by atoms with Gasteiger partial charge in [0, 0.05) is 4.83 Å². The molecular weight excluding hydrogens is 279 g/mol. The first-order valence-electron chi connectivity index (χ1n) is 5.60. The van der Waals surface area contributed by atoms with Crippen LogP contribution in [0.4, 0.5) is 4.39 Å². The number of alkyl halides is 1. The van der Waals surface area contributed by atoms with Gasteiger partial charge in [-0.25, -0.2) is 4.39 Å². The molecule has 0 aromatic heterocycles. The first kappa shape index (κ1) is 12.3.